The summed E-state index contributed by atoms with van der Waals surface area (Å²) < 4.78 is 0. The third kappa shape index (κ3) is 3.16. The van der Waals surface area contributed by atoms with Crippen LogP contribution in [0.25, 0.3) is 0 Å². The van der Waals surface area contributed by atoms with Crippen molar-refractivity contribution in [3.63, 3.8) is 0 Å². The lowest BCUT2D eigenvalue weighted by Crippen LogP contribution is -2.33. The molecule has 0 bridgehead atoms. The van der Waals surface area contributed by atoms with Crippen LogP contribution >= 0.6 is 0 Å². The molecule has 3 N–H and O–H groups in total. The maximum Gasteiger partial charge on any atom is 0.292 e. The molecule has 2 rings (SSSR count). The Bertz CT molecular complexity index is 476. The number of nitro groups is 1. The summed E-state index contributed by atoms with van der Waals surface area (Å²) in [5.41, 5.74) is 6.76. The van der Waals surface area contributed by atoms with E-state index in [4.69, 9.17) is 5.73 Å². The summed E-state index contributed by atoms with van der Waals surface area (Å²) in [4.78, 5) is 10.3. The van der Waals surface area contributed by atoms with Crippen molar-refractivity contribution in [3.05, 3.63) is 28.3 Å². The van der Waals surface area contributed by atoms with Gasteiger partial charge in [0.05, 0.1) is 4.92 Å². The molecule has 3 unspecified atom stereocenters. The van der Waals surface area contributed by atoms with Gasteiger partial charge in [-0.25, -0.2) is 0 Å². The van der Waals surface area contributed by atoms with Gasteiger partial charge in [-0.2, -0.15) is 0 Å². The van der Waals surface area contributed by atoms with Gasteiger partial charge in [0.15, 0.2) is 0 Å². The lowest BCUT2D eigenvalue weighted by atomic mass is 9.80. The van der Waals surface area contributed by atoms with E-state index in [1.54, 1.807) is 12.1 Å². The van der Waals surface area contributed by atoms with Crippen LogP contribution in [0.15, 0.2) is 18.2 Å². The molecule has 1 fully saturated rings. The van der Waals surface area contributed by atoms with Crippen molar-refractivity contribution >= 4 is 17.1 Å². The van der Waals surface area contributed by atoms with Crippen molar-refractivity contribution in [1.29, 1.82) is 0 Å². The maximum atomic E-state index is 10.7. The first-order chi connectivity index (χ1) is 8.97. The Morgan fingerprint density at radius 3 is 2.68 bits per heavy atom. The van der Waals surface area contributed by atoms with E-state index in [1.165, 1.54) is 18.9 Å². The zero-order valence-corrected chi connectivity index (χ0v) is 11.4. The summed E-state index contributed by atoms with van der Waals surface area (Å²) in [5, 5.41) is 14.2. The number of nitrogens with one attached hydrogen (secondary N) is 1. The molecular formula is C14H21N3O2. The minimum atomic E-state index is -0.454. The number of rotatable bonds is 3. The van der Waals surface area contributed by atoms with Gasteiger partial charge in [0.1, 0.15) is 5.69 Å². The monoisotopic (exact) mass is 263 g/mol. The van der Waals surface area contributed by atoms with Crippen molar-refractivity contribution in [2.24, 2.45) is 11.8 Å². The minimum absolute atomic E-state index is 0.0316. The summed E-state index contributed by atoms with van der Waals surface area (Å²) in [6, 6.07) is 5.28. The van der Waals surface area contributed by atoms with E-state index < -0.39 is 4.92 Å². The second-order valence-corrected chi connectivity index (χ2v) is 5.68. The van der Waals surface area contributed by atoms with E-state index in [9.17, 15) is 10.1 Å². The Balaban J connectivity index is 2.07. The van der Waals surface area contributed by atoms with Crippen LogP contribution in [-0.4, -0.2) is 11.0 Å². The summed E-state index contributed by atoms with van der Waals surface area (Å²) in [6.45, 7) is 4.54. The molecule has 5 nitrogen and oxygen atoms in total. The van der Waals surface area contributed by atoms with Crippen LogP contribution in [-0.2, 0) is 0 Å². The van der Waals surface area contributed by atoms with Gasteiger partial charge in [-0.05, 0) is 43.2 Å². The van der Waals surface area contributed by atoms with E-state index >= 15 is 0 Å². The predicted octanol–water partition coefficient (Wildman–Crippen LogP) is 3.41. The molecule has 0 radical (unpaired) electrons. The molecule has 1 saturated carbocycles. The zero-order chi connectivity index (χ0) is 14.0. The third-order valence-corrected chi connectivity index (χ3v) is 4.01. The molecule has 5 heteroatoms. The average Bonchev–Trinajstić information content (AvgIpc) is 2.32. The Hall–Kier alpha value is -1.78. The Kier molecular flexibility index (Phi) is 3.93. The highest BCUT2D eigenvalue weighted by Crippen LogP contribution is 2.32. The highest BCUT2D eigenvalue weighted by Gasteiger charge is 2.25. The van der Waals surface area contributed by atoms with Crippen molar-refractivity contribution in [3.8, 4) is 0 Å². The number of nitro benzene ring substituents is 1. The van der Waals surface area contributed by atoms with Gasteiger partial charge < -0.3 is 11.1 Å². The molecule has 0 aromatic heterocycles. The van der Waals surface area contributed by atoms with Crippen LogP contribution in [0, 0.1) is 22.0 Å². The largest absolute Gasteiger partial charge is 0.393 e. The first-order valence-corrected chi connectivity index (χ1v) is 6.78. The van der Waals surface area contributed by atoms with Crippen molar-refractivity contribution in [2.45, 2.75) is 39.2 Å². The quantitative estimate of drug-likeness (QED) is 0.497. The van der Waals surface area contributed by atoms with Gasteiger partial charge in [0.25, 0.3) is 5.69 Å². The van der Waals surface area contributed by atoms with Gasteiger partial charge in [0, 0.05) is 17.8 Å². The van der Waals surface area contributed by atoms with E-state index in [0.29, 0.717) is 12.0 Å². The molecule has 0 heterocycles. The average molecular weight is 263 g/mol. The standard InChI is InChI=1S/C14H21N3O2/c1-9-3-5-13(10(2)7-9)16-11-4-6-14(17(18)19)12(15)8-11/h4,6,8-10,13,16H,3,5,7,15H2,1-2H3. The first kappa shape index (κ1) is 13.6. The Morgan fingerprint density at radius 1 is 1.37 bits per heavy atom. The fraction of sp³-hybridized carbons (Fsp3) is 0.571. The molecular weight excluding hydrogens is 242 g/mol. The normalized spacial score (nSPS) is 26.9. The Labute approximate surface area is 113 Å². The van der Waals surface area contributed by atoms with Crippen LogP contribution in [0.1, 0.15) is 33.1 Å². The van der Waals surface area contributed by atoms with Gasteiger partial charge in [0.2, 0.25) is 0 Å². The third-order valence-electron chi connectivity index (χ3n) is 4.01. The van der Waals surface area contributed by atoms with Crippen molar-refractivity contribution < 1.29 is 4.92 Å². The molecule has 0 saturated heterocycles. The molecule has 0 amide bonds. The molecule has 3 atom stereocenters. The van der Waals surface area contributed by atoms with Gasteiger partial charge in [-0.15, -0.1) is 0 Å². The number of anilines is 2. The van der Waals surface area contributed by atoms with Gasteiger partial charge in [-0.3, -0.25) is 10.1 Å². The second kappa shape index (κ2) is 5.47. The molecule has 0 aliphatic heterocycles. The number of nitrogens with two attached hydrogens (primary N) is 1. The van der Waals surface area contributed by atoms with E-state index in [0.717, 1.165) is 18.0 Å². The van der Waals surface area contributed by atoms with Crippen LogP contribution in [0.5, 0.6) is 0 Å². The summed E-state index contributed by atoms with van der Waals surface area (Å²) in [5.74, 6) is 1.40. The van der Waals surface area contributed by atoms with Crippen molar-refractivity contribution in [1.82, 2.24) is 0 Å². The molecule has 19 heavy (non-hydrogen) atoms. The maximum absolute atomic E-state index is 10.7. The smallest absolute Gasteiger partial charge is 0.292 e. The van der Waals surface area contributed by atoms with E-state index in [2.05, 4.69) is 19.2 Å². The first-order valence-electron chi connectivity index (χ1n) is 6.78. The van der Waals surface area contributed by atoms with Crippen molar-refractivity contribution in [2.75, 3.05) is 11.1 Å². The molecule has 104 valence electrons. The fourth-order valence-electron chi connectivity index (χ4n) is 2.90. The number of nitrogen functional groups attached to an aromatic ring is 1. The fourth-order valence-corrected chi connectivity index (χ4v) is 2.90. The molecule has 1 aromatic rings. The number of hydrogen-bond donors (Lipinski definition) is 2. The number of benzene rings is 1. The lowest BCUT2D eigenvalue weighted by Gasteiger charge is -2.33. The van der Waals surface area contributed by atoms with Gasteiger partial charge >= 0.3 is 0 Å². The highest BCUT2D eigenvalue weighted by molar-refractivity contribution is 5.66. The Morgan fingerprint density at radius 2 is 2.11 bits per heavy atom. The highest BCUT2D eigenvalue weighted by atomic mass is 16.6. The molecule has 1 aliphatic carbocycles. The minimum Gasteiger partial charge on any atom is -0.393 e. The summed E-state index contributed by atoms with van der Waals surface area (Å²) in [7, 11) is 0. The summed E-state index contributed by atoms with van der Waals surface area (Å²) in [6.07, 6.45) is 3.59. The SMILES string of the molecule is CC1CCC(Nc2ccc([N+](=O)[O-])c(N)c2)C(C)C1. The summed E-state index contributed by atoms with van der Waals surface area (Å²) >= 11 is 0. The topological polar surface area (TPSA) is 81.2 Å². The second-order valence-electron chi connectivity index (χ2n) is 5.68. The molecule has 1 aromatic carbocycles. The van der Waals surface area contributed by atoms with Crippen LogP contribution in [0.2, 0.25) is 0 Å². The zero-order valence-electron chi connectivity index (χ0n) is 11.4. The van der Waals surface area contributed by atoms with E-state index in [-0.39, 0.29) is 11.4 Å². The lowest BCUT2D eigenvalue weighted by molar-refractivity contribution is -0.383. The molecule has 0 spiro atoms. The van der Waals surface area contributed by atoms with Gasteiger partial charge in [-0.1, -0.05) is 13.8 Å². The number of hydrogen-bond acceptors (Lipinski definition) is 4. The molecule has 1 aliphatic rings. The predicted molar refractivity (Wildman–Crippen MR) is 77.1 cm³/mol. The number of nitrogens with zero attached hydrogens (tertiary/aromatic N) is 1. The van der Waals surface area contributed by atoms with E-state index in [1.807, 2.05) is 0 Å². The van der Waals surface area contributed by atoms with Crippen LogP contribution in [0.4, 0.5) is 17.1 Å². The van der Waals surface area contributed by atoms with Crippen LogP contribution in [0.3, 0.4) is 0 Å². The van der Waals surface area contributed by atoms with Crippen LogP contribution < -0.4 is 11.1 Å².